The molecule has 0 aromatic heterocycles. The van der Waals surface area contributed by atoms with Gasteiger partial charge in [-0.3, -0.25) is 0 Å². The van der Waals surface area contributed by atoms with Crippen LogP contribution < -0.4 is 4.72 Å². The standard InChI is InChI=1S/C15H22FNO3S/c1-10(2)20-14(18)13(17-21(19)15(3,4)5)11-8-6-7-9-12(11)16/h6-10,13,17H,1-5H3/t13-,21?/m1/s1. The predicted molar refractivity (Wildman–Crippen MR) is 81.4 cm³/mol. The summed E-state index contributed by atoms with van der Waals surface area (Å²) in [5, 5.41) is 0. The van der Waals surface area contributed by atoms with Crippen LogP contribution in [0.1, 0.15) is 46.2 Å². The van der Waals surface area contributed by atoms with Crippen LogP contribution in [0.2, 0.25) is 0 Å². The molecule has 1 N–H and O–H groups in total. The Bertz CT molecular complexity index is 526. The van der Waals surface area contributed by atoms with Crippen LogP contribution in [-0.4, -0.2) is 21.0 Å². The quantitative estimate of drug-likeness (QED) is 0.850. The maximum atomic E-state index is 13.9. The Hall–Kier alpha value is -1.27. The van der Waals surface area contributed by atoms with Crippen molar-refractivity contribution < 1.29 is 18.1 Å². The maximum Gasteiger partial charge on any atom is 0.329 e. The summed E-state index contributed by atoms with van der Waals surface area (Å²) in [6, 6.07) is 4.79. The van der Waals surface area contributed by atoms with Crippen molar-refractivity contribution in [2.75, 3.05) is 0 Å². The Morgan fingerprint density at radius 1 is 1.29 bits per heavy atom. The highest BCUT2D eigenvalue weighted by Gasteiger charge is 2.31. The second-order valence-electron chi connectivity index (χ2n) is 5.94. The smallest absolute Gasteiger partial charge is 0.329 e. The lowest BCUT2D eigenvalue weighted by Gasteiger charge is -2.24. The van der Waals surface area contributed by atoms with Crippen molar-refractivity contribution in [2.24, 2.45) is 0 Å². The van der Waals surface area contributed by atoms with E-state index >= 15 is 0 Å². The molecular weight excluding hydrogens is 293 g/mol. The molecule has 0 aliphatic carbocycles. The number of halogens is 1. The summed E-state index contributed by atoms with van der Waals surface area (Å²) in [7, 11) is -1.53. The van der Waals surface area contributed by atoms with Crippen molar-refractivity contribution >= 4 is 17.0 Å². The third-order valence-corrected chi connectivity index (χ3v) is 4.15. The maximum absolute atomic E-state index is 13.9. The fourth-order valence-corrected chi connectivity index (χ4v) is 2.32. The fraction of sp³-hybridized carbons (Fsp3) is 0.533. The van der Waals surface area contributed by atoms with Crippen molar-refractivity contribution in [3.8, 4) is 0 Å². The molecule has 4 nitrogen and oxygen atoms in total. The molecule has 1 aromatic rings. The zero-order chi connectivity index (χ0) is 16.2. The van der Waals surface area contributed by atoms with Crippen LogP contribution in [0.4, 0.5) is 4.39 Å². The van der Waals surface area contributed by atoms with Gasteiger partial charge in [0.05, 0.1) is 21.8 Å². The van der Waals surface area contributed by atoms with E-state index in [-0.39, 0.29) is 11.7 Å². The van der Waals surface area contributed by atoms with Crippen LogP contribution in [0.3, 0.4) is 0 Å². The van der Waals surface area contributed by atoms with E-state index in [0.29, 0.717) is 0 Å². The van der Waals surface area contributed by atoms with Gasteiger partial charge in [0.25, 0.3) is 0 Å². The van der Waals surface area contributed by atoms with Crippen molar-refractivity contribution in [3.63, 3.8) is 0 Å². The molecule has 1 aromatic carbocycles. The lowest BCUT2D eigenvalue weighted by atomic mass is 10.1. The number of carbonyl (C=O) groups is 1. The molecule has 0 saturated carbocycles. The molecule has 118 valence electrons. The predicted octanol–water partition coefficient (Wildman–Crippen LogP) is 2.87. The first kappa shape index (κ1) is 17.8. The van der Waals surface area contributed by atoms with Gasteiger partial charge in [0.1, 0.15) is 11.9 Å². The van der Waals surface area contributed by atoms with Crippen LogP contribution in [0.25, 0.3) is 0 Å². The molecule has 6 heteroatoms. The lowest BCUT2D eigenvalue weighted by Crippen LogP contribution is -2.40. The molecule has 21 heavy (non-hydrogen) atoms. The highest BCUT2D eigenvalue weighted by molar-refractivity contribution is 7.84. The summed E-state index contributed by atoms with van der Waals surface area (Å²) in [6.45, 7) is 8.71. The number of rotatable bonds is 5. The number of hydrogen-bond donors (Lipinski definition) is 1. The van der Waals surface area contributed by atoms with Crippen molar-refractivity contribution in [1.82, 2.24) is 4.72 Å². The summed E-state index contributed by atoms with van der Waals surface area (Å²) in [6.07, 6.45) is -0.336. The van der Waals surface area contributed by atoms with E-state index in [2.05, 4.69) is 4.72 Å². The van der Waals surface area contributed by atoms with E-state index in [0.717, 1.165) is 0 Å². The number of carbonyl (C=O) groups excluding carboxylic acids is 1. The van der Waals surface area contributed by atoms with E-state index in [1.165, 1.54) is 18.2 Å². The molecule has 1 rings (SSSR count). The van der Waals surface area contributed by atoms with Crippen molar-refractivity contribution in [2.45, 2.75) is 51.5 Å². The minimum atomic E-state index is -1.53. The third-order valence-electron chi connectivity index (χ3n) is 2.58. The molecule has 0 spiro atoms. The summed E-state index contributed by atoms with van der Waals surface area (Å²) in [5.74, 6) is -1.19. The molecule has 0 aliphatic heterocycles. The number of nitrogens with one attached hydrogen (secondary N) is 1. The molecular formula is C15H22FNO3S. The first-order valence-electron chi connectivity index (χ1n) is 6.76. The summed E-state index contributed by atoms with van der Waals surface area (Å²) < 4.78 is 33.4. The van der Waals surface area contributed by atoms with Gasteiger partial charge in [-0.05, 0) is 40.7 Å². The molecule has 0 radical (unpaired) electrons. The van der Waals surface area contributed by atoms with E-state index < -0.39 is 33.6 Å². The van der Waals surface area contributed by atoms with E-state index in [1.807, 2.05) is 0 Å². The van der Waals surface area contributed by atoms with Crippen LogP contribution in [0, 0.1) is 5.82 Å². The topological polar surface area (TPSA) is 55.4 Å². The van der Waals surface area contributed by atoms with E-state index in [1.54, 1.807) is 40.7 Å². The highest BCUT2D eigenvalue weighted by Crippen LogP contribution is 2.22. The van der Waals surface area contributed by atoms with Gasteiger partial charge < -0.3 is 4.74 Å². The fourth-order valence-electron chi connectivity index (χ4n) is 1.53. The van der Waals surface area contributed by atoms with Gasteiger partial charge in [0, 0.05) is 5.56 Å². The monoisotopic (exact) mass is 315 g/mol. The molecule has 1 unspecified atom stereocenters. The van der Waals surface area contributed by atoms with Crippen molar-refractivity contribution in [1.29, 1.82) is 0 Å². The van der Waals surface area contributed by atoms with Gasteiger partial charge in [-0.1, -0.05) is 18.2 Å². The number of benzene rings is 1. The average molecular weight is 315 g/mol. The lowest BCUT2D eigenvalue weighted by molar-refractivity contribution is -0.149. The molecule has 0 amide bonds. The van der Waals surface area contributed by atoms with Gasteiger partial charge in [0.15, 0.2) is 0 Å². The molecule has 0 heterocycles. The summed E-state index contributed by atoms with van der Waals surface area (Å²) >= 11 is 0. The minimum Gasteiger partial charge on any atom is -0.462 e. The van der Waals surface area contributed by atoms with Gasteiger partial charge in [-0.25, -0.2) is 18.1 Å². The van der Waals surface area contributed by atoms with Gasteiger partial charge >= 0.3 is 5.97 Å². The van der Waals surface area contributed by atoms with Gasteiger partial charge in [-0.2, -0.15) is 0 Å². The van der Waals surface area contributed by atoms with Crippen LogP contribution in [-0.2, 0) is 20.5 Å². The second-order valence-corrected chi connectivity index (χ2v) is 7.94. The average Bonchev–Trinajstić information content (AvgIpc) is 2.34. The van der Waals surface area contributed by atoms with Crippen LogP contribution >= 0.6 is 0 Å². The first-order chi connectivity index (χ1) is 9.62. The highest BCUT2D eigenvalue weighted by atomic mass is 32.2. The first-order valence-corrected chi connectivity index (χ1v) is 7.91. The Balaban J connectivity index is 3.09. The Labute approximate surface area is 127 Å². The minimum absolute atomic E-state index is 0.126. The van der Waals surface area contributed by atoms with Crippen molar-refractivity contribution in [3.05, 3.63) is 35.6 Å². The van der Waals surface area contributed by atoms with Crippen LogP contribution in [0.5, 0.6) is 0 Å². The van der Waals surface area contributed by atoms with Gasteiger partial charge in [0.2, 0.25) is 0 Å². The Morgan fingerprint density at radius 2 is 1.86 bits per heavy atom. The molecule has 0 fully saturated rings. The summed E-state index contributed by atoms with van der Waals surface area (Å²) in [5.41, 5.74) is 0.126. The van der Waals surface area contributed by atoms with Crippen LogP contribution in [0.15, 0.2) is 24.3 Å². The molecule has 0 bridgehead atoms. The Kier molecular flexibility index (Phi) is 6.04. The normalized spacial score (nSPS) is 14.8. The zero-order valence-electron chi connectivity index (χ0n) is 13.0. The largest absolute Gasteiger partial charge is 0.462 e. The number of hydrogen-bond acceptors (Lipinski definition) is 3. The Morgan fingerprint density at radius 3 is 2.33 bits per heavy atom. The second kappa shape index (κ2) is 7.13. The van der Waals surface area contributed by atoms with E-state index in [9.17, 15) is 13.4 Å². The number of ether oxygens (including phenoxy) is 1. The molecule has 0 aliphatic rings. The summed E-state index contributed by atoms with van der Waals surface area (Å²) in [4.78, 5) is 12.2. The molecule has 2 atom stereocenters. The SMILES string of the molecule is CC(C)OC(=O)[C@H](NS(=O)C(C)(C)C)c1ccccc1F. The molecule has 0 saturated heterocycles. The third kappa shape index (κ3) is 5.21. The van der Waals surface area contributed by atoms with E-state index in [4.69, 9.17) is 4.74 Å². The van der Waals surface area contributed by atoms with Gasteiger partial charge in [-0.15, -0.1) is 0 Å². The number of esters is 1. The zero-order valence-corrected chi connectivity index (χ0v) is 13.8.